The number of thioether (sulfide) groups is 1. The Hall–Kier alpha value is -1.28. The average Bonchev–Trinajstić information content (AvgIpc) is 2.89. The predicted octanol–water partition coefficient (Wildman–Crippen LogP) is -0.204. The molecule has 2 rings (SSSR count). The van der Waals surface area contributed by atoms with Crippen molar-refractivity contribution in [2.75, 3.05) is 7.05 Å². The highest BCUT2D eigenvalue weighted by Crippen LogP contribution is 2.39. The molecule has 0 bridgehead atoms. The molecular formula is C10H16N4O3S. The van der Waals surface area contributed by atoms with E-state index in [0.29, 0.717) is 18.0 Å². The molecule has 0 aliphatic heterocycles. The van der Waals surface area contributed by atoms with Gasteiger partial charge >= 0.3 is 11.7 Å². The summed E-state index contributed by atoms with van der Waals surface area (Å²) in [5.41, 5.74) is -1.10. The summed E-state index contributed by atoms with van der Waals surface area (Å²) in [6, 6.07) is 0. The SMILES string of the molecule is CNC1(C(=O)O)CCC(Sc2n[nH]c(=O)n2C)C1. The number of hydrogen-bond acceptors (Lipinski definition) is 5. The zero-order valence-corrected chi connectivity index (χ0v) is 11.1. The number of likely N-dealkylation sites (N-methyl/N-ethyl adjacent to an activating group) is 1. The summed E-state index contributed by atoms with van der Waals surface area (Å²) in [7, 11) is 3.32. The van der Waals surface area contributed by atoms with E-state index in [-0.39, 0.29) is 10.9 Å². The Morgan fingerprint density at radius 2 is 2.44 bits per heavy atom. The van der Waals surface area contributed by atoms with Gasteiger partial charge in [-0.05, 0) is 26.3 Å². The first-order chi connectivity index (χ1) is 8.48. The summed E-state index contributed by atoms with van der Waals surface area (Å²) >= 11 is 1.45. The first-order valence-corrected chi connectivity index (χ1v) is 6.57. The summed E-state index contributed by atoms with van der Waals surface area (Å²) < 4.78 is 1.44. The van der Waals surface area contributed by atoms with Gasteiger partial charge in [-0.3, -0.25) is 9.36 Å². The minimum Gasteiger partial charge on any atom is -0.480 e. The van der Waals surface area contributed by atoms with Crippen molar-refractivity contribution in [1.29, 1.82) is 0 Å². The number of carbonyl (C=O) groups is 1. The van der Waals surface area contributed by atoms with Gasteiger partial charge in [-0.15, -0.1) is 5.10 Å². The van der Waals surface area contributed by atoms with E-state index in [4.69, 9.17) is 0 Å². The highest BCUT2D eigenvalue weighted by atomic mass is 32.2. The van der Waals surface area contributed by atoms with E-state index in [1.165, 1.54) is 16.3 Å². The van der Waals surface area contributed by atoms with Crippen molar-refractivity contribution in [2.45, 2.75) is 35.2 Å². The third-order valence-corrected chi connectivity index (χ3v) is 4.78. The third kappa shape index (κ3) is 2.17. The van der Waals surface area contributed by atoms with Crippen LogP contribution in [0.2, 0.25) is 0 Å². The topological polar surface area (TPSA) is 100 Å². The number of carboxylic acids is 1. The van der Waals surface area contributed by atoms with Gasteiger partial charge in [0.25, 0.3) is 0 Å². The quantitative estimate of drug-likeness (QED) is 0.701. The number of aromatic nitrogens is 3. The van der Waals surface area contributed by atoms with Crippen molar-refractivity contribution in [1.82, 2.24) is 20.1 Å². The van der Waals surface area contributed by atoms with Gasteiger partial charge in [-0.2, -0.15) is 0 Å². The highest BCUT2D eigenvalue weighted by Gasteiger charge is 2.44. The molecule has 1 aromatic rings. The zero-order valence-electron chi connectivity index (χ0n) is 10.3. The van der Waals surface area contributed by atoms with E-state index in [1.54, 1.807) is 14.1 Å². The number of aromatic amines is 1. The third-order valence-electron chi connectivity index (χ3n) is 3.47. The molecule has 0 amide bonds. The van der Waals surface area contributed by atoms with Crippen LogP contribution in [0.15, 0.2) is 9.95 Å². The summed E-state index contributed by atoms with van der Waals surface area (Å²) in [4.78, 5) is 22.5. The van der Waals surface area contributed by atoms with Gasteiger partial charge in [0.2, 0.25) is 0 Å². The van der Waals surface area contributed by atoms with Gasteiger partial charge in [0.1, 0.15) is 5.54 Å². The fraction of sp³-hybridized carbons (Fsp3) is 0.700. The largest absolute Gasteiger partial charge is 0.480 e. The van der Waals surface area contributed by atoms with Crippen molar-refractivity contribution in [3.63, 3.8) is 0 Å². The van der Waals surface area contributed by atoms with Gasteiger partial charge in [0.15, 0.2) is 5.16 Å². The first kappa shape index (κ1) is 13.2. The van der Waals surface area contributed by atoms with Crippen LogP contribution in [0.25, 0.3) is 0 Å². The normalized spacial score (nSPS) is 27.6. The molecule has 0 aromatic carbocycles. The fourth-order valence-electron chi connectivity index (χ4n) is 2.22. The maximum atomic E-state index is 11.3. The zero-order chi connectivity index (χ0) is 13.3. The Morgan fingerprint density at radius 3 is 2.89 bits per heavy atom. The number of nitrogens with one attached hydrogen (secondary N) is 2. The number of carboxylic acid groups (broad SMARTS) is 1. The molecule has 1 heterocycles. The highest BCUT2D eigenvalue weighted by molar-refractivity contribution is 7.99. The standard InChI is InChI=1S/C10H16N4O3S/c1-11-10(7(15)16)4-3-6(5-10)18-9-13-12-8(17)14(9)2/h6,11H,3-5H2,1-2H3,(H,12,17)(H,15,16). The Labute approximate surface area is 108 Å². The number of aliphatic carboxylic acids is 1. The lowest BCUT2D eigenvalue weighted by atomic mass is 9.99. The minimum absolute atomic E-state index is 0.155. The van der Waals surface area contributed by atoms with Crippen LogP contribution in [0.5, 0.6) is 0 Å². The molecule has 1 aliphatic carbocycles. The number of H-pyrrole nitrogens is 1. The van der Waals surface area contributed by atoms with Crippen molar-refractivity contribution < 1.29 is 9.90 Å². The number of hydrogen-bond donors (Lipinski definition) is 3. The monoisotopic (exact) mass is 272 g/mol. The van der Waals surface area contributed by atoms with Gasteiger partial charge in [-0.25, -0.2) is 9.89 Å². The van der Waals surface area contributed by atoms with Crippen LogP contribution in [0, 0.1) is 0 Å². The lowest BCUT2D eigenvalue weighted by Gasteiger charge is -2.23. The van der Waals surface area contributed by atoms with E-state index in [1.807, 2.05) is 0 Å². The van der Waals surface area contributed by atoms with Crippen LogP contribution in [-0.4, -0.2) is 43.7 Å². The van der Waals surface area contributed by atoms with Crippen molar-refractivity contribution in [3.05, 3.63) is 10.5 Å². The number of rotatable bonds is 4. The van der Waals surface area contributed by atoms with E-state index in [2.05, 4.69) is 15.5 Å². The molecule has 7 nitrogen and oxygen atoms in total. The first-order valence-electron chi connectivity index (χ1n) is 5.69. The molecule has 1 saturated carbocycles. The van der Waals surface area contributed by atoms with Crippen LogP contribution in [-0.2, 0) is 11.8 Å². The van der Waals surface area contributed by atoms with Crippen LogP contribution in [0.4, 0.5) is 0 Å². The Balaban J connectivity index is 2.08. The van der Waals surface area contributed by atoms with Gasteiger partial charge in [0.05, 0.1) is 0 Å². The van der Waals surface area contributed by atoms with E-state index >= 15 is 0 Å². The second-order valence-electron chi connectivity index (χ2n) is 4.49. The smallest absolute Gasteiger partial charge is 0.343 e. The van der Waals surface area contributed by atoms with E-state index in [9.17, 15) is 14.7 Å². The maximum absolute atomic E-state index is 11.3. The Bertz CT molecular complexity index is 511. The molecule has 0 spiro atoms. The van der Waals surface area contributed by atoms with Crippen LogP contribution < -0.4 is 11.0 Å². The number of nitrogens with zero attached hydrogens (tertiary/aromatic N) is 2. The van der Waals surface area contributed by atoms with Crippen LogP contribution in [0.1, 0.15) is 19.3 Å². The van der Waals surface area contributed by atoms with Gasteiger partial charge < -0.3 is 10.4 Å². The Morgan fingerprint density at radius 1 is 1.72 bits per heavy atom. The molecule has 2 atom stereocenters. The summed E-state index contributed by atoms with van der Waals surface area (Å²) in [5, 5.41) is 19.2. The summed E-state index contributed by atoms with van der Waals surface area (Å²) in [6.45, 7) is 0. The fourth-order valence-corrected chi connectivity index (χ4v) is 3.46. The van der Waals surface area contributed by atoms with Crippen LogP contribution >= 0.6 is 11.8 Å². The molecule has 0 radical (unpaired) electrons. The molecule has 1 aliphatic rings. The van der Waals surface area contributed by atoms with Crippen molar-refractivity contribution in [3.8, 4) is 0 Å². The van der Waals surface area contributed by atoms with Crippen molar-refractivity contribution in [2.24, 2.45) is 7.05 Å². The molecule has 3 N–H and O–H groups in total. The summed E-state index contributed by atoms with van der Waals surface area (Å²) in [5.74, 6) is -0.816. The summed E-state index contributed by atoms with van der Waals surface area (Å²) in [6.07, 6.45) is 1.91. The molecule has 1 fully saturated rings. The molecular weight excluding hydrogens is 256 g/mol. The molecule has 2 unspecified atom stereocenters. The van der Waals surface area contributed by atoms with Crippen molar-refractivity contribution >= 4 is 17.7 Å². The molecule has 18 heavy (non-hydrogen) atoms. The minimum atomic E-state index is -0.840. The maximum Gasteiger partial charge on any atom is 0.343 e. The Kier molecular flexibility index (Phi) is 3.49. The van der Waals surface area contributed by atoms with Gasteiger partial charge in [0, 0.05) is 12.3 Å². The lowest BCUT2D eigenvalue weighted by Crippen LogP contribution is -2.48. The second-order valence-corrected chi connectivity index (χ2v) is 5.76. The molecule has 1 aromatic heterocycles. The van der Waals surface area contributed by atoms with E-state index in [0.717, 1.165) is 6.42 Å². The molecule has 0 saturated heterocycles. The van der Waals surface area contributed by atoms with Gasteiger partial charge in [-0.1, -0.05) is 11.8 Å². The average molecular weight is 272 g/mol. The van der Waals surface area contributed by atoms with Crippen LogP contribution in [0.3, 0.4) is 0 Å². The molecule has 8 heteroatoms. The van der Waals surface area contributed by atoms with E-state index < -0.39 is 11.5 Å². The molecule has 100 valence electrons. The lowest BCUT2D eigenvalue weighted by molar-refractivity contribution is -0.144. The predicted molar refractivity (Wildman–Crippen MR) is 66.8 cm³/mol. The second kappa shape index (κ2) is 4.77.